The highest BCUT2D eigenvalue weighted by Gasteiger charge is 2.28. The van der Waals surface area contributed by atoms with Crippen molar-refractivity contribution in [2.45, 2.75) is 26.8 Å². The molecule has 0 bridgehead atoms. The summed E-state index contributed by atoms with van der Waals surface area (Å²) in [5.74, 6) is -1.34. The van der Waals surface area contributed by atoms with E-state index in [-0.39, 0.29) is 12.5 Å². The van der Waals surface area contributed by atoms with Crippen LogP contribution in [-0.2, 0) is 9.59 Å². The van der Waals surface area contributed by atoms with E-state index in [0.29, 0.717) is 5.56 Å². The Kier molecular flexibility index (Phi) is 4.67. The van der Waals surface area contributed by atoms with Crippen molar-refractivity contribution in [1.29, 1.82) is 0 Å². The Morgan fingerprint density at radius 3 is 2.32 bits per heavy atom. The molecular formula is C14H20N2O3. The van der Waals surface area contributed by atoms with Crippen LogP contribution >= 0.6 is 0 Å². The van der Waals surface area contributed by atoms with Gasteiger partial charge in [0.2, 0.25) is 5.91 Å². The number of carboxylic acids is 1. The molecular weight excluding hydrogens is 244 g/mol. The van der Waals surface area contributed by atoms with E-state index in [1.165, 1.54) is 0 Å². The van der Waals surface area contributed by atoms with Gasteiger partial charge in [-0.3, -0.25) is 9.59 Å². The quantitative estimate of drug-likeness (QED) is 0.745. The molecule has 4 N–H and O–H groups in total. The molecule has 0 fully saturated rings. The highest BCUT2D eigenvalue weighted by Crippen LogP contribution is 2.15. The van der Waals surface area contributed by atoms with Crippen LogP contribution in [-0.4, -0.2) is 23.5 Å². The molecule has 0 aliphatic carbocycles. The number of aliphatic carboxylic acids is 1. The number of amides is 1. The number of nitrogens with one attached hydrogen (secondary N) is 1. The van der Waals surface area contributed by atoms with Crippen molar-refractivity contribution >= 4 is 11.9 Å². The number of rotatable bonds is 5. The van der Waals surface area contributed by atoms with Crippen LogP contribution in [0.3, 0.4) is 0 Å². The van der Waals surface area contributed by atoms with Crippen molar-refractivity contribution in [1.82, 2.24) is 5.32 Å². The van der Waals surface area contributed by atoms with Gasteiger partial charge in [-0.2, -0.15) is 0 Å². The smallest absolute Gasteiger partial charge is 0.310 e. The molecule has 19 heavy (non-hydrogen) atoms. The second-order valence-electron chi connectivity index (χ2n) is 5.30. The highest BCUT2D eigenvalue weighted by atomic mass is 16.4. The summed E-state index contributed by atoms with van der Waals surface area (Å²) in [5, 5.41) is 11.5. The molecule has 1 rings (SSSR count). The Morgan fingerprint density at radius 2 is 1.84 bits per heavy atom. The zero-order valence-corrected chi connectivity index (χ0v) is 11.4. The Labute approximate surface area is 112 Å². The summed E-state index contributed by atoms with van der Waals surface area (Å²) < 4.78 is 0. The molecule has 1 amide bonds. The third kappa shape index (κ3) is 4.06. The van der Waals surface area contributed by atoms with Crippen LogP contribution in [0.25, 0.3) is 0 Å². The fourth-order valence-electron chi connectivity index (χ4n) is 1.42. The maximum atomic E-state index is 11.9. The third-order valence-electron chi connectivity index (χ3n) is 3.00. The summed E-state index contributed by atoms with van der Waals surface area (Å²) >= 11 is 0. The monoisotopic (exact) mass is 264 g/mol. The second-order valence-corrected chi connectivity index (χ2v) is 5.30. The van der Waals surface area contributed by atoms with Crippen molar-refractivity contribution in [2.75, 3.05) is 6.54 Å². The fourth-order valence-corrected chi connectivity index (χ4v) is 1.42. The van der Waals surface area contributed by atoms with Gasteiger partial charge in [0.25, 0.3) is 0 Å². The molecule has 1 aromatic carbocycles. The van der Waals surface area contributed by atoms with Crippen LogP contribution in [0.5, 0.6) is 0 Å². The van der Waals surface area contributed by atoms with E-state index in [4.69, 9.17) is 10.8 Å². The molecule has 104 valence electrons. The average Bonchev–Trinajstić information content (AvgIpc) is 2.36. The molecule has 0 aliphatic rings. The van der Waals surface area contributed by atoms with Crippen molar-refractivity contribution < 1.29 is 14.7 Å². The lowest BCUT2D eigenvalue weighted by atomic mass is 9.93. The lowest BCUT2D eigenvalue weighted by molar-refractivity contribution is -0.146. The van der Waals surface area contributed by atoms with Gasteiger partial charge in [-0.05, 0) is 26.3 Å². The van der Waals surface area contributed by atoms with Gasteiger partial charge in [0.1, 0.15) is 6.04 Å². The van der Waals surface area contributed by atoms with Gasteiger partial charge in [-0.15, -0.1) is 0 Å². The number of nitrogens with two attached hydrogens (primary N) is 1. The number of carbonyl (C=O) groups is 2. The van der Waals surface area contributed by atoms with Crippen LogP contribution in [0.4, 0.5) is 0 Å². The SMILES string of the molecule is Cc1ccc(C(N)C(=O)NCC(C)(C)C(=O)O)cc1. The summed E-state index contributed by atoms with van der Waals surface area (Å²) in [4.78, 5) is 22.8. The Hall–Kier alpha value is -1.88. The highest BCUT2D eigenvalue weighted by molar-refractivity contribution is 5.84. The largest absolute Gasteiger partial charge is 0.481 e. The van der Waals surface area contributed by atoms with E-state index < -0.39 is 17.4 Å². The van der Waals surface area contributed by atoms with Crippen LogP contribution in [0.15, 0.2) is 24.3 Å². The second kappa shape index (κ2) is 5.84. The van der Waals surface area contributed by atoms with Crippen molar-refractivity contribution in [3.63, 3.8) is 0 Å². The molecule has 5 nitrogen and oxygen atoms in total. The zero-order chi connectivity index (χ0) is 14.6. The fraction of sp³-hybridized carbons (Fsp3) is 0.429. The van der Waals surface area contributed by atoms with E-state index in [1.807, 2.05) is 19.1 Å². The van der Waals surface area contributed by atoms with Gasteiger partial charge in [0, 0.05) is 6.54 Å². The summed E-state index contributed by atoms with van der Waals surface area (Å²) in [6.07, 6.45) is 0. The first kappa shape index (κ1) is 15.2. The van der Waals surface area contributed by atoms with E-state index in [2.05, 4.69) is 5.32 Å². The van der Waals surface area contributed by atoms with Gasteiger partial charge in [0.15, 0.2) is 0 Å². The minimum atomic E-state index is -1.01. The molecule has 1 unspecified atom stereocenters. The lowest BCUT2D eigenvalue weighted by Crippen LogP contribution is -2.42. The molecule has 0 aromatic heterocycles. The van der Waals surface area contributed by atoms with Gasteiger partial charge in [-0.1, -0.05) is 29.8 Å². The Balaban J connectivity index is 2.63. The Bertz CT molecular complexity index is 466. The third-order valence-corrected chi connectivity index (χ3v) is 3.00. The topological polar surface area (TPSA) is 92.4 Å². The predicted molar refractivity (Wildman–Crippen MR) is 72.5 cm³/mol. The van der Waals surface area contributed by atoms with Gasteiger partial charge in [-0.25, -0.2) is 0 Å². The minimum absolute atomic E-state index is 0.0424. The van der Waals surface area contributed by atoms with Crippen molar-refractivity contribution in [2.24, 2.45) is 11.1 Å². The standard InChI is InChI=1S/C14H20N2O3/c1-9-4-6-10(7-5-9)11(15)12(17)16-8-14(2,3)13(18)19/h4-7,11H,8,15H2,1-3H3,(H,16,17)(H,18,19). The molecule has 0 heterocycles. The average molecular weight is 264 g/mol. The maximum Gasteiger partial charge on any atom is 0.310 e. The number of hydrogen-bond acceptors (Lipinski definition) is 3. The van der Waals surface area contributed by atoms with Crippen LogP contribution < -0.4 is 11.1 Å². The molecule has 0 saturated heterocycles. The normalized spacial score (nSPS) is 12.8. The molecule has 0 spiro atoms. The van der Waals surface area contributed by atoms with Crippen LogP contribution in [0, 0.1) is 12.3 Å². The van der Waals surface area contributed by atoms with E-state index >= 15 is 0 Å². The number of benzene rings is 1. The zero-order valence-electron chi connectivity index (χ0n) is 11.4. The molecule has 1 aromatic rings. The van der Waals surface area contributed by atoms with Crippen LogP contribution in [0.2, 0.25) is 0 Å². The first-order valence-electron chi connectivity index (χ1n) is 6.07. The van der Waals surface area contributed by atoms with Gasteiger partial charge in [0.05, 0.1) is 5.41 Å². The molecule has 1 atom stereocenters. The Morgan fingerprint density at radius 1 is 1.32 bits per heavy atom. The maximum absolute atomic E-state index is 11.9. The minimum Gasteiger partial charge on any atom is -0.481 e. The molecule has 0 radical (unpaired) electrons. The van der Waals surface area contributed by atoms with Crippen molar-refractivity contribution in [3.05, 3.63) is 35.4 Å². The lowest BCUT2D eigenvalue weighted by Gasteiger charge is -2.21. The molecule has 5 heteroatoms. The summed E-state index contributed by atoms with van der Waals surface area (Å²) in [5.41, 5.74) is 6.61. The first-order chi connectivity index (χ1) is 8.74. The summed E-state index contributed by atoms with van der Waals surface area (Å²) in [6.45, 7) is 5.09. The van der Waals surface area contributed by atoms with Gasteiger partial charge < -0.3 is 16.2 Å². The molecule has 0 saturated carbocycles. The van der Waals surface area contributed by atoms with E-state index in [9.17, 15) is 9.59 Å². The number of hydrogen-bond donors (Lipinski definition) is 3. The summed E-state index contributed by atoms with van der Waals surface area (Å²) in [7, 11) is 0. The van der Waals surface area contributed by atoms with Crippen LogP contribution in [0.1, 0.15) is 31.0 Å². The van der Waals surface area contributed by atoms with E-state index in [1.54, 1.807) is 26.0 Å². The number of carboxylic acid groups (broad SMARTS) is 1. The summed E-state index contributed by atoms with van der Waals surface area (Å²) in [6, 6.07) is 6.56. The van der Waals surface area contributed by atoms with Gasteiger partial charge >= 0.3 is 5.97 Å². The van der Waals surface area contributed by atoms with Crippen molar-refractivity contribution in [3.8, 4) is 0 Å². The number of aryl methyl sites for hydroxylation is 1. The first-order valence-corrected chi connectivity index (χ1v) is 6.07. The molecule has 0 aliphatic heterocycles. The van der Waals surface area contributed by atoms with E-state index in [0.717, 1.165) is 5.56 Å². The predicted octanol–water partition coefficient (Wildman–Crippen LogP) is 1.22. The number of carbonyl (C=O) groups excluding carboxylic acids is 1.